The molecule has 0 radical (unpaired) electrons. The smallest absolute Gasteiger partial charge is 0.223 e. The van der Waals surface area contributed by atoms with Crippen LogP contribution < -0.4 is 10.1 Å². The summed E-state index contributed by atoms with van der Waals surface area (Å²) in [6, 6.07) is 4.08. The molecule has 0 aliphatic heterocycles. The van der Waals surface area contributed by atoms with Gasteiger partial charge in [0.2, 0.25) is 5.91 Å². The third-order valence-corrected chi connectivity index (χ3v) is 3.35. The van der Waals surface area contributed by atoms with Gasteiger partial charge in [-0.05, 0) is 19.1 Å². The van der Waals surface area contributed by atoms with Crippen molar-refractivity contribution in [3.05, 3.63) is 40.7 Å². The number of nitrogens with one attached hydrogen (secondary N) is 1. The number of benzene rings is 1. The number of rotatable bonds is 5. The summed E-state index contributed by atoms with van der Waals surface area (Å²) >= 11 is 1.28. The molecule has 1 heterocycles. The number of ketones is 1. The van der Waals surface area contributed by atoms with E-state index in [2.05, 4.69) is 10.3 Å². The Morgan fingerprint density at radius 2 is 2.14 bits per heavy atom. The van der Waals surface area contributed by atoms with Crippen LogP contribution in [0.15, 0.2) is 23.6 Å². The van der Waals surface area contributed by atoms with Crippen molar-refractivity contribution in [3.63, 3.8) is 0 Å². The minimum Gasteiger partial charge on any atom is -0.487 e. The van der Waals surface area contributed by atoms with Gasteiger partial charge in [-0.1, -0.05) is 0 Å². The highest BCUT2D eigenvalue weighted by atomic mass is 32.1. The Kier molecular flexibility index (Phi) is 4.64. The number of carbonyl (C=O) groups is 2. The van der Waals surface area contributed by atoms with Gasteiger partial charge >= 0.3 is 0 Å². The first-order valence-electron chi connectivity index (χ1n) is 6.11. The first-order valence-corrected chi connectivity index (χ1v) is 6.99. The zero-order valence-electron chi connectivity index (χ0n) is 11.5. The van der Waals surface area contributed by atoms with Crippen LogP contribution in [0.1, 0.15) is 29.9 Å². The van der Waals surface area contributed by atoms with Crippen molar-refractivity contribution < 1.29 is 18.7 Å². The second-order valence-corrected chi connectivity index (χ2v) is 5.17. The van der Waals surface area contributed by atoms with Crippen LogP contribution in [0, 0.1) is 5.82 Å². The molecule has 0 saturated heterocycles. The summed E-state index contributed by atoms with van der Waals surface area (Å²) in [4.78, 5) is 26.2. The highest BCUT2D eigenvalue weighted by molar-refractivity contribution is 7.13. The van der Waals surface area contributed by atoms with Gasteiger partial charge in [-0.2, -0.15) is 0 Å². The first kappa shape index (κ1) is 15.1. The Labute approximate surface area is 124 Å². The van der Waals surface area contributed by atoms with Gasteiger partial charge in [0, 0.05) is 18.4 Å². The summed E-state index contributed by atoms with van der Waals surface area (Å²) in [5, 5.41) is 4.79. The molecule has 0 fully saturated rings. The number of aromatic nitrogens is 1. The maximum Gasteiger partial charge on any atom is 0.223 e. The third-order valence-electron chi connectivity index (χ3n) is 2.54. The van der Waals surface area contributed by atoms with E-state index in [9.17, 15) is 14.0 Å². The van der Waals surface area contributed by atoms with Crippen LogP contribution in [-0.2, 0) is 11.4 Å². The number of Topliss-reactive ketones (excluding diaryl/α,β-unsaturated/α-hetero) is 1. The number of hydrogen-bond acceptors (Lipinski definition) is 5. The number of thiazole rings is 1. The molecule has 1 aromatic heterocycles. The van der Waals surface area contributed by atoms with Gasteiger partial charge in [-0.25, -0.2) is 9.37 Å². The highest BCUT2D eigenvalue weighted by Crippen LogP contribution is 2.20. The van der Waals surface area contributed by atoms with E-state index in [1.165, 1.54) is 37.3 Å². The Hall–Kier alpha value is -2.28. The van der Waals surface area contributed by atoms with Crippen LogP contribution in [-0.4, -0.2) is 16.7 Å². The molecule has 0 aliphatic carbocycles. The van der Waals surface area contributed by atoms with Gasteiger partial charge in [-0.3, -0.25) is 9.59 Å². The van der Waals surface area contributed by atoms with Crippen LogP contribution in [0.3, 0.4) is 0 Å². The van der Waals surface area contributed by atoms with Crippen molar-refractivity contribution in [1.82, 2.24) is 4.98 Å². The van der Waals surface area contributed by atoms with Crippen LogP contribution in [0.4, 0.5) is 9.52 Å². The molecular weight excluding hydrogens is 295 g/mol. The molecule has 0 atom stereocenters. The minimum absolute atomic E-state index is 0.0314. The predicted octanol–water partition coefficient (Wildman–Crippen LogP) is 3.02. The maximum absolute atomic E-state index is 13.6. The zero-order chi connectivity index (χ0) is 15.4. The van der Waals surface area contributed by atoms with Gasteiger partial charge in [0.25, 0.3) is 0 Å². The number of anilines is 1. The molecule has 0 unspecified atom stereocenters. The molecule has 2 rings (SSSR count). The Morgan fingerprint density at radius 3 is 2.76 bits per heavy atom. The van der Waals surface area contributed by atoms with Crippen molar-refractivity contribution >= 4 is 28.2 Å². The lowest BCUT2D eigenvalue weighted by atomic mass is 10.1. The number of halogens is 1. The number of ether oxygens (including phenoxy) is 1. The average molecular weight is 308 g/mol. The normalized spacial score (nSPS) is 10.2. The molecule has 110 valence electrons. The maximum atomic E-state index is 13.6. The fourth-order valence-corrected chi connectivity index (χ4v) is 2.35. The average Bonchev–Trinajstić information content (AvgIpc) is 2.82. The van der Waals surface area contributed by atoms with Gasteiger partial charge in [0.05, 0.1) is 11.3 Å². The Morgan fingerprint density at radius 1 is 1.38 bits per heavy atom. The third kappa shape index (κ3) is 4.09. The summed E-state index contributed by atoms with van der Waals surface area (Å²) in [5.74, 6) is -0.832. The largest absolute Gasteiger partial charge is 0.487 e. The molecule has 5 nitrogen and oxygen atoms in total. The Bertz CT molecular complexity index is 685. The van der Waals surface area contributed by atoms with Gasteiger partial charge in [0.1, 0.15) is 18.2 Å². The monoisotopic (exact) mass is 308 g/mol. The van der Waals surface area contributed by atoms with Crippen LogP contribution >= 0.6 is 11.3 Å². The molecule has 0 spiro atoms. The molecule has 1 aromatic carbocycles. The lowest BCUT2D eigenvalue weighted by Gasteiger charge is -2.06. The van der Waals surface area contributed by atoms with Gasteiger partial charge in [0.15, 0.2) is 10.9 Å². The molecule has 7 heteroatoms. The summed E-state index contributed by atoms with van der Waals surface area (Å²) < 4.78 is 19.0. The summed E-state index contributed by atoms with van der Waals surface area (Å²) in [5.41, 5.74) is 0.656. The van der Waals surface area contributed by atoms with Crippen molar-refractivity contribution in [2.24, 2.45) is 0 Å². The highest BCUT2D eigenvalue weighted by Gasteiger charge is 2.09. The fraction of sp³-hybridized carbons (Fsp3) is 0.214. The molecule has 0 bridgehead atoms. The standard InChI is InChI=1S/C14H13FN2O3S/c1-8(18)12-4-3-11(5-13(12)15)20-6-10-7-21-14(17-10)16-9(2)19/h3-5,7H,6H2,1-2H3,(H,16,17,19). The van der Waals surface area contributed by atoms with Crippen molar-refractivity contribution in [2.45, 2.75) is 20.5 Å². The zero-order valence-corrected chi connectivity index (χ0v) is 12.3. The van der Waals surface area contributed by atoms with Crippen LogP contribution in [0.2, 0.25) is 0 Å². The molecule has 0 saturated carbocycles. The molecular formula is C14H13FN2O3S. The molecule has 2 aromatic rings. The fourth-order valence-electron chi connectivity index (χ4n) is 1.61. The van der Waals surface area contributed by atoms with E-state index >= 15 is 0 Å². The van der Waals surface area contributed by atoms with Gasteiger partial charge in [-0.15, -0.1) is 11.3 Å². The number of carbonyl (C=O) groups excluding carboxylic acids is 2. The van der Waals surface area contributed by atoms with E-state index in [0.717, 1.165) is 6.07 Å². The second-order valence-electron chi connectivity index (χ2n) is 4.31. The SMILES string of the molecule is CC(=O)Nc1nc(COc2ccc(C(C)=O)c(F)c2)cs1. The van der Waals surface area contributed by atoms with Crippen molar-refractivity contribution in [2.75, 3.05) is 5.32 Å². The number of amides is 1. The summed E-state index contributed by atoms with van der Waals surface area (Å²) in [7, 11) is 0. The molecule has 1 N–H and O–H groups in total. The van der Waals surface area contributed by atoms with E-state index in [-0.39, 0.29) is 23.9 Å². The lowest BCUT2D eigenvalue weighted by Crippen LogP contribution is -2.05. The quantitative estimate of drug-likeness (QED) is 0.862. The van der Waals surface area contributed by atoms with E-state index in [1.54, 1.807) is 5.38 Å². The Balaban J connectivity index is 1.99. The van der Waals surface area contributed by atoms with E-state index in [4.69, 9.17) is 4.74 Å². The first-order chi connectivity index (χ1) is 9.95. The topological polar surface area (TPSA) is 68.3 Å². The summed E-state index contributed by atoms with van der Waals surface area (Å²) in [6.45, 7) is 2.85. The van der Waals surface area contributed by atoms with E-state index in [1.807, 2.05) is 0 Å². The second kappa shape index (κ2) is 6.45. The molecule has 21 heavy (non-hydrogen) atoms. The van der Waals surface area contributed by atoms with Crippen LogP contribution in [0.5, 0.6) is 5.75 Å². The molecule has 1 amide bonds. The lowest BCUT2D eigenvalue weighted by molar-refractivity contribution is -0.114. The molecule has 0 aliphatic rings. The van der Waals surface area contributed by atoms with Crippen LogP contribution in [0.25, 0.3) is 0 Å². The van der Waals surface area contributed by atoms with E-state index < -0.39 is 5.82 Å². The van der Waals surface area contributed by atoms with E-state index in [0.29, 0.717) is 16.6 Å². The van der Waals surface area contributed by atoms with Crippen molar-refractivity contribution in [3.8, 4) is 5.75 Å². The number of nitrogens with zero attached hydrogens (tertiary/aromatic N) is 1. The van der Waals surface area contributed by atoms with Gasteiger partial charge < -0.3 is 10.1 Å². The summed E-state index contributed by atoms with van der Waals surface area (Å²) in [6.07, 6.45) is 0. The van der Waals surface area contributed by atoms with Crippen molar-refractivity contribution in [1.29, 1.82) is 0 Å². The number of hydrogen-bond donors (Lipinski definition) is 1. The minimum atomic E-state index is -0.614. The predicted molar refractivity (Wildman–Crippen MR) is 77.2 cm³/mol.